The zero-order valence-electron chi connectivity index (χ0n) is 9.82. The molecular weight excluding hydrogens is 186 g/mol. The van der Waals surface area contributed by atoms with Gasteiger partial charge in [-0.2, -0.15) is 5.26 Å². The Labute approximate surface area is 92.7 Å². The fourth-order valence-corrected chi connectivity index (χ4v) is 3.07. The minimum Gasteiger partial charge on any atom is -0.298 e. The van der Waals surface area contributed by atoms with Gasteiger partial charge in [-0.3, -0.25) is 9.80 Å². The fourth-order valence-electron chi connectivity index (χ4n) is 3.07. The molecule has 2 fully saturated rings. The molecule has 3 atom stereocenters. The number of piperazine rings is 1. The summed E-state index contributed by atoms with van der Waals surface area (Å²) in [7, 11) is 0. The van der Waals surface area contributed by atoms with Gasteiger partial charge in [0.1, 0.15) is 0 Å². The summed E-state index contributed by atoms with van der Waals surface area (Å²) in [6, 6.07) is 4.09. The fraction of sp³-hybridized carbons (Fsp3) is 0.917. The van der Waals surface area contributed by atoms with E-state index in [2.05, 4.69) is 29.7 Å². The monoisotopic (exact) mass is 207 g/mol. The Morgan fingerprint density at radius 3 is 3.00 bits per heavy atom. The average molecular weight is 207 g/mol. The molecule has 0 radical (unpaired) electrons. The molecule has 84 valence electrons. The molecule has 0 aromatic heterocycles. The summed E-state index contributed by atoms with van der Waals surface area (Å²) in [6.07, 6.45) is 3.37. The molecule has 3 unspecified atom stereocenters. The van der Waals surface area contributed by atoms with E-state index in [4.69, 9.17) is 5.26 Å². The van der Waals surface area contributed by atoms with Crippen LogP contribution in [0.5, 0.6) is 0 Å². The Morgan fingerprint density at radius 1 is 1.47 bits per heavy atom. The van der Waals surface area contributed by atoms with Gasteiger partial charge in [0.15, 0.2) is 0 Å². The van der Waals surface area contributed by atoms with Gasteiger partial charge in [0.05, 0.1) is 12.5 Å². The van der Waals surface area contributed by atoms with Gasteiger partial charge in [-0.05, 0) is 33.2 Å². The maximum atomic E-state index is 8.75. The van der Waals surface area contributed by atoms with E-state index in [1.54, 1.807) is 0 Å². The first-order valence-electron chi connectivity index (χ1n) is 6.09. The molecular formula is C12H21N3. The molecule has 2 saturated heterocycles. The van der Waals surface area contributed by atoms with Crippen molar-refractivity contribution in [2.75, 3.05) is 19.6 Å². The number of rotatable bonds is 2. The number of fused-ring (bicyclic) bond motifs is 1. The lowest BCUT2D eigenvalue weighted by Gasteiger charge is -2.44. The summed E-state index contributed by atoms with van der Waals surface area (Å²) in [5.41, 5.74) is 0. The second-order valence-electron chi connectivity index (χ2n) is 5.05. The number of nitrogens with zero attached hydrogens (tertiary/aromatic N) is 3. The molecule has 0 bridgehead atoms. The van der Waals surface area contributed by atoms with Crippen LogP contribution in [0.2, 0.25) is 0 Å². The van der Waals surface area contributed by atoms with E-state index >= 15 is 0 Å². The summed E-state index contributed by atoms with van der Waals surface area (Å²) in [5.74, 6) is 0. The Hall–Kier alpha value is -0.590. The first-order valence-corrected chi connectivity index (χ1v) is 6.09. The molecule has 2 aliphatic heterocycles. The Bertz CT molecular complexity index is 258. The SMILES string of the molecule is CC(CC#N)N1CC2CCCN2CC1C. The van der Waals surface area contributed by atoms with Crippen LogP contribution in [0, 0.1) is 11.3 Å². The molecule has 3 nitrogen and oxygen atoms in total. The van der Waals surface area contributed by atoms with E-state index in [9.17, 15) is 0 Å². The van der Waals surface area contributed by atoms with Crippen LogP contribution in [0.25, 0.3) is 0 Å². The van der Waals surface area contributed by atoms with Gasteiger partial charge in [0.2, 0.25) is 0 Å². The van der Waals surface area contributed by atoms with Crippen LogP contribution in [-0.2, 0) is 0 Å². The summed E-state index contributed by atoms with van der Waals surface area (Å²) in [5, 5.41) is 8.75. The van der Waals surface area contributed by atoms with Gasteiger partial charge in [0.25, 0.3) is 0 Å². The van der Waals surface area contributed by atoms with Crippen LogP contribution < -0.4 is 0 Å². The normalized spacial score (nSPS) is 34.7. The van der Waals surface area contributed by atoms with E-state index in [0.717, 1.165) is 6.04 Å². The van der Waals surface area contributed by atoms with Gasteiger partial charge in [-0.15, -0.1) is 0 Å². The maximum absolute atomic E-state index is 8.75. The highest BCUT2D eigenvalue weighted by Crippen LogP contribution is 2.26. The predicted molar refractivity (Wildman–Crippen MR) is 60.5 cm³/mol. The summed E-state index contributed by atoms with van der Waals surface area (Å²) >= 11 is 0. The van der Waals surface area contributed by atoms with Gasteiger partial charge in [-0.25, -0.2) is 0 Å². The molecule has 15 heavy (non-hydrogen) atoms. The molecule has 2 aliphatic rings. The van der Waals surface area contributed by atoms with E-state index < -0.39 is 0 Å². The molecule has 0 N–H and O–H groups in total. The van der Waals surface area contributed by atoms with Crippen molar-refractivity contribution >= 4 is 0 Å². The second kappa shape index (κ2) is 4.51. The third-order valence-electron chi connectivity index (χ3n) is 3.94. The summed E-state index contributed by atoms with van der Waals surface area (Å²) in [6.45, 7) is 8.13. The van der Waals surface area contributed by atoms with Crippen molar-refractivity contribution in [3.63, 3.8) is 0 Å². The lowest BCUT2D eigenvalue weighted by atomic mass is 10.0. The van der Waals surface area contributed by atoms with Gasteiger partial charge < -0.3 is 0 Å². The van der Waals surface area contributed by atoms with Crippen LogP contribution in [-0.4, -0.2) is 47.6 Å². The Kier molecular flexibility index (Phi) is 3.28. The second-order valence-corrected chi connectivity index (χ2v) is 5.05. The van der Waals surface area contributed by atoms with Crippen molar-refractivity contribution in [3.8, 4) is 6.07 Å². The van der Waals surface area contributed by atoms with Crippen LogP contribution in [0.15, 0.2) is 0 Å². The van der Waals surface area contributed by atoms with Crippen molar-refractivity contribution in [2.45, 2.75) is 51.2 Å². The standard InChI is InChI=1S/C12H21N3/c1-10(5-6-13)15-9-12-4-3-7-14(12)8-11(15)2/h10-12H,3-5,7-9H2,1-2H3. The molecule has 3 heteroatoms. The molecule has 0 amide bonds. The zero-order valence-corrected chi connectivity index (χ0v) is 9.82. The molecule has 0 aromatic rings. The lowest BCUT2D eigenvalue weighted by Crippen LogP contribution is -2.57. The molecule has 2 rings (SSSR count). The highest BCUT2D eigenvalue weighted by atomic mass is 15.3. The highest BCUT2D eigenvalue weighted by molar-refractivity contribution is 4.93. The Morgan fingerprint density at radius 2 is 2.27 bits per heavy atom. The van der Waals surface area contributed by atoms with Crippen LogP contribution in [0.1, 0.15) is 33.1 Å². The van der Waals surface area contributed by atoms with E-state index in [1.165, 1.54) is 32.5 Å². The van der Waals surface area contributed by atoms with Crippen LogP contribution in [0.4, 0.5) is 0 Å². The van der Waals surface area contributed by atoms with Crippen molar-refractivity contribution in [2.24, 2.45) is 0 Å². The smallest absolute Gasteiger partial charge is 0.0638 e. The summed E-state index contributed by atoms with van der Waals surface area (Å²) < 4.78 is 0. The number of nitriles is 1. The third kappa shape index (κ3) is 2.16. The molecule has 0 aromatic carbocycles. The predicted octanol–water partition coefficient (Wildman–Crippen LogP) is 1.46. The van der Waals surface area contributed by atoms with E-state index in [-0.39, 0.29) is 0 Å². The number of hydrogen-bond acceptors (Lipinski definition) is 3. The van der Waals surface area contributed by atoms with Crippen LogP contribution in [0.3, 0.4) is 0 Å². The van der Waals surface area contributed by atoms with Gasteiger partial charge in [-0.1, -0.05) is 0 Å². The molecule has 0 saturated carbocycles. The zero-order chi connectivity index (χ0) is 10.8. The third-order valence-corrected chi connectivity index (χ3v) is 3.94. The number of hydrogen-bond donors (Lipinski definition) is 0. The van der Waals surface area contributed by atoms with Gasteiger partial charge in [0, 0.05) is 31.2 Å². The Balaban J connectivity index is 1.98. The lowest BCUT2D eigenvalue weighted by molar-refractivity contribution is 0.0344. The topological polar surface area (TPSA) is 30.3 Å². The van der Waals surface area contributed by atoms with Gasteiger partial charge >= 0.3 is 0 Å². The van der Waals surface area contributed by atoms with E-state index in [0.29, 0.717) is 18.5 Å². The molecule has 0 aliphatic carbocycles. The molecule has 2 heterocycles. The first-order chi connectivity index (χ1) is 7.22. The minimum atomic E-state index is 0.424. The van der Waals surface area contributed by atoms with E-state index in [1.807, 2.05) is 0 Å². The van der Waals surface area contributed by atoms with Crippen molar-refractivity contribution in [3.05, 3.63) is 0 Å². The minimum absolute atomic E-state index is 0.424. The highest BCUT2D eigenvalue weighted by Gasteiger charge is 2.35. The largest absolute Gasteiger partial charge is 0.298 e. The molecule has 0 spiro atoms. The van der Waals surface area contributed by atoms with Crippen molar-refractivity contribution < 1.29 is 0 Å². The maximum Gasteiger partial charge on any atom is 0.0638 e. The quantitative estimate of drug-likeness (QED) is 0.686. The average Bonchev–Trinajstić information content (AvgIpc) is 2.63. The first kappa shape index (κ1) is 10.9. The van der Waals surface area contributed by atoms with Crippen LogP contribution >= 0.6 is 0 Å². The summed E-state index contributed by atoms with van der Waals surface area (Å²) in [4.78, 5) is 5.15. The van der Waals surface area contributed by atoms with Crippen molar-refractivity contribution in [1.82, 2.24) is 9.80 Å². The van der Waals surface area contributed by atoms with Crippen molar-refractivity contribution in [1.29, 1.82) is 5.26 Å².